The fourth-order valence-corrected chi connectivity index (χ4v) is 3.30. The van der Waals surface area contributed by atoms with Gasteiger partial charge in [0.05, 0.1) is 4.47 Å². The van der Waals surface area contributed by atoms with E-state index in [-0.39, 0.29) is 5.56 Å². The summed E-state index contributed by atoms with van der Waals surface area (Å²) in [6, 6.07) is 3.49. The van der Waals surface area contributed by atoms with E-state index in [0.29, 0.717) is 23.1 Å². The van der Waals surface area contributed by atoms with Crippen molar-refractivity contribution in [2.24, 2.45) is 0 Å². The number of nitrogens with one attached hydrogen (secondary N) is 1. The molecule has 1 aliphatic heterocycles. The summed E-state index contributed by atoms with van der Waals surface area (Å²) in [6.07, 6.45) is 3.14. The van der Waals surface area contributed by atoms with Crippen LogP contribution in [0.1, 0.15) is 38.7 Å². The zero-order valence-corrected chi connectivity index (χ0v) is 14.2. The van der Waals surface area contributed by atoms with Crippen LogP contribution in [0.4, 0.5) is 8.78 Å². The molecule has 5 heteroatoms. The van der Waals surface area contributed by atoms with Crippen LogP contribution in [-0.4, -0.2) is 30.1 Å². The zero-order chi connectivity index (χ0) is 15.4. The van der Waals surface area contributed by atoms with Gasteiger partial charge in [0.2, 0.25) is 0 Å². The van der Waals surface area contributed by atoms with E-state index in [0.717, 1.165) is 32.4 Å². The van der Waals surface area contributed by atoms with Crippen molar-refractivity contribution in [1.82, 2.24) is 10.2 Å². The van der Waals surface area contributed by atoms with Gasteiger partial charge in [-0.25, -0.2) is 8.78 Å². The first kappa shape index (κ1) is 16.8. The molecule has 1 aromatic rings. The number of benzene rings is 1. The predicted octanol–water partition coefficient (Wildman–Crippen LogP) is 4.08. The van der Waals surface area contributed by atoms with Gasteiger partial charge in [-0.1, -0.05) is 20.3 Å². The summed E-state index contributed by atoms with van der Waals surface area (Å²) in [5.41, 5.74) is 0.169. The second-order valence-corrected chi connectivity index (χ2v) is 6.56. The standard InChI is InChI=1S/C16H23BrF2N2/c1-3-5-12-8-20-11(4-2)9-21(12)10-13-15(18)7-6-14(17)16(13)19/h6-7,11-12,20H,3-5,8-10H2,1-2H3. The van der Waals surface area contributed by atoms with Crippen LogP contribution < -0.4 is 5.32 Å². The Morgan fingerprint density at radius 1 is 1.33 bits per heavy atom. The Bertz CT molecular complexity index is 482. The molecule has 0 aromatic heterocycles. The minimum atomic E-state index is -0.475. The van der Waals surface area contributed by atoms with E-state index in [1.807, 2.05) is 0 Å². The van der Waals surface area contributed by atoms with Crippen LogP contribution in [0, 0.1) is 11.6 Å². The molecule has 2 rings (SSSR count). The van der Waals surface area contributed by atoms with Gasteiger partial charge in [-0.2, -0.15) is 0 Å². The minimum absolute atomic E-state index is 0.169. The number of piperazine rings is 1. The van der Waals surface area contributed by atoms with E-state index < -0.39 is 11.6 Å². The maximum absolute atomic E-state index is 14.2. The Labute approximate surface area is 134 Å². The van der Waals surface area contributed by atoms with Gasteiger partial charge in [-0.15, -0.1) is 0 Å². The summed E-state index contributed by atoms with van der Waals surface area (Å²) in [4.78, 5) is 2.22. The lowest BCUT2D eigenvalue weighted by molar-refractivity contribution is 0.111. The molecule has 0 amide bonds. The molecule has 0 spiro atoms. The van der Waals surface area contributed by atoms with E-state index in [9.17, 15) is 8.78 Å². The Kier molecular flexibility index (Phi) is 6.14. The number of rotatable bonds is 5. The van der Waals surface area contributed by atoms with E-state index in [2.05, 4.69) is 40.0 Å². The molecule has 2 unspecified atom stereocenters. The van der Waals surface area contributed by atoms with Crippen molar-refractivity contribution >= 4 is 15.9 Å². The molecule has 1 aromatic carbocycles. The van der Waals surface area contributed by atoms with Gasteiger partial charge in [-0.05, 0) is 40.9 Å². The summed E-state index contributed by atoms with van der Waals surface area (Å²) in [5.74, 6) is -0.936. The molecule has 118 valence electrons. The van der Waals surface area contributed by atoms with Crippen LogP contribution >= 0.6 is 15.9 Å². The van der Waals surface area contributed by atoms with E-state index in [4.69, 9.17) is 0 Å². The van der Waals surface area contributed by atoms with Crippen molar-refractivity contribution in [1.29, 1.82) is 0 Å². The Hall–Kier alpha value is -0.520. The van der Waals surface area contributed by atoms with Crippen molar-refractivity contribution in [3.63, 3.8) is 0 Å². The van der Waals surface area contributed by atoms with Gasteiger partial charge in [0, 0.05) is 37.3 Å². The largest absolute Gasteiger partial charge is 0.311 e. The summed E-state index contributed by atoms with van der Waals surface area (Å²) < 4.78 is 28.5. The normalized spacial score (nSPS) is 23.5. The summed E-state index contributed by atoms with van der Waals surface area (Å²) in [7, 11) is 0. The molecule has 0 aliphatic carbocycles. The van der Waals surface area contributed by atoms with Crippen molar-refractivity contribution in [2.45, 2.75) is 51.7 Å². The third-order valence-corrected chi connectivity index (χ3v) is 4.84. The molecule has 2 atom stereocenters. The highest BCUT2D eigenvalue weighted by atomic mass is 79.9. The van der Waals surface area contributed by atoms with Gasteiger partial charge < -0.3 is 5.32 Å². The van der Waals surface area contributed by atoms with Gasteiger partial charge in [-0.3, -0.25) is 4.90 Å². The molecule has 0 saturated carbocycles. The molecule has 21 heavy (non-hydrogen) atoms. The van der Waals surface area contributed by atoms with E-state index in [1.165, 1.54) is 12.1 Å². The lowest BCUT2D eigenvalue weighted by Gasteiger charge is -2.40. The first-order valence-electron chi connectivity index (χ1n) is 7.66. The van der Waals surface area contributed by atoms with Crippen LogP contribution in [0.3, 0.4) is 0 Å². The molecule has 1 saturated heterocycles. The number of nitrogens with zero attached hydrogens (tertiary/aromatic N) is 1. The zero-order valence-electron chi connectivity index (χ0n) is 12.6. The average Bonchev–Trinajstić information content (AvgIpc) is 2.49. The van der Waals surface area contributed by atoms with Crippen molar-refractivity contribution < 1.29 is 8.78 Å². The highest BCUT2D eigenvalue weighted by Gasteiger charge is 2.28. The third-order valence-electron chi connectivity index (χ3n) is 4.23. The third kappa shape index (κ3) is 4.02. The monoisotopic (exact) mass is 360 g/mol. The first-order valence-corrected chi connectivity index (χ1v) is 8.45. The maximum Gasteiger partial charge on any atom is 0.144 e. The fraction of sp³-hybridized carbons (Fsp3) is 0.625. The predicted molar refractivity (Wildman–Crippen MR) is 85.2 cm³/mol. The Morgan fingerprint density at radius 3 is 2.76 bits per heavy atom. The Balaban J connectivity index is 2.19. The van der Waals surface area contributed by atoms with Crippen molar-refractivity contribution in [2.75, 3.05) is 13.1 Å². The van der Waals surface area contributed by atoms with Gasteiger partial charge in [0.1, 0.15) is 11.6 Å². The fourth-order valence-electron chi connectivity index (χ4n) is 2.93. The second-order valence-electron chi connectivity index (χ2n) is 5.71. The lowest BCUT2D eigenvalue weighted by Crippen LogP contribution is -2.55. The smallest absolute Gasteiger partial charge is 0.144 e. The molecule has 0 bridgehead atoms. The molecule has 1 N–H and O–H groups in total. The topological polar surface area (TPSA) is 15.3 Å². The van der Waals surface area contributed by atoms with E-state index in [1.54, 1.807) is 0 Å². The van der Waals surface area contributed by atoms with E-state index >= 15 is 0 Å². The lowest BCUT2D eigenvalue weighted by atomic mass is 10.0. The Morgan fingerprint density at radius 2 is 2.10 bits per heavy atom. The summed E-state index contributed by atoms with van der Waals surface area (Å²) in [5, 5.41) is 3.52. The SMILES string of the molecule is CCCC1CNC(CC)CN1Cc1c(F)ccc(Br)c1F. The van der Waals surface area contributed by atoms with Gasteiger partial charge in [0.25, 0.3) is 0 Å². The molecule has 1 aliphatic rings. The van der Waals surface area contributed by atoms with Crippen molar-refractivity contribution in [3.05, 3.63) is 33.8 Å². The first-order chi connectivity index (χ1) is 10.1. The minimum Gasteiger partial charge on any atom is -0.311 e. The molecular weight excluding hydrogens is 338 g/mol. The average molecular weight is 361 g/mol. The second kappa shape index (κ2) is 7.65. The summed E-state index contributed by atoms with van der Waals surface area (Å²) in [6.45, 7) is 6.34. The molecular formula is C16H23BrF2N2. The molecule has 1 heterocycles. The molecule has 0 radical (unpaired) electrons. The van der Waals surface area contributed by atoms with Crippen LogP contribution in [0.2, 0.25) is 0 Å². The van der Waals surface area contributed by atoms with Crippen LogP contribution in [0.5, 0.6) is 0 Å². The van der Waals surface area contributed by atoms with Crippen LogP contribution in [0.25, 0.3) is 0 Å². The van der Waals surface area contributed by atoms with Gasteiger partial charge in [0.15, 0.2) is 0 Å². The number of hydrogen-bond acceptors (Lipinski definition) is 2. The highest BCUT2D eigenvalue weighted by Crippen LogP contribution is 2.25. The van der Waals surface area contributed by atoms with Gasteiger partial charge >= 0.3 is 0 Å². The highest BCUT2D eigenvalue weighted by molar-refractivity contribution is 9.10. The molecule has 2 nitrogen and oxygen atoms in total. The quantitative estimate of drug-likeness (QED) is 0.795. The molecule has 1 fully saturated rings. The number of halogens is 3. The van der Waals surface area contributed by atoms with Crippen LogP contribution in [-0.2, 0) is 6.54 Å². The maximum atomic E-state index is 14.2. The summed E-state index contributed by atoms with van der Waals surface area (Å²) >= 11 is 3.14. The van der Waals surface area contributed by atoms with Crippen LogP contribution in [0.15, 0.2) is 16.6 Å². The van der Waals surface area contributed by atoms with Crippen molar-refractivity contribution in [3.8, 4) is 0 Å². The number of hydrogen-bond donors (Lipinski definition) is 1.